The van der Waals surface area contributed by atoms with Crippen LogP contribution in [-0.2, 0) is 64.0 Å². The Hall–Kier alpha value is -8.76. The molecule has 24 N–H and O–H groups in total. The lowest BCUT2D eigenvalue weighted by Gasteiger charge is -2.30. The number of aliphatic imine (C=N–C) groups is 2. The highest BCUT2D eigenvalue weighted by Gasteiger charge is 2.40. The number of hydrogen-bond donors (Lipinski definition) is 19. The van der Waals surface area contributed by atoms with Crippen LogP contribution in [0, 0.1) is 0 Å². The van der Waals surface area contributed by atoms with Crippen LogP contribution in [0.3, 0.4) is 0 Å². The summed E-state index contributed by atoms with van der Waals surface area (Å²) in [6.45, 7) is -1.13. The van der Waals surface area contributed by atoms with Crippen molar-refractivity contribution in [2.75, 3.05) is 45.9 Å². The number of carboxylic acids is 2. The van der Waals surface area contributed by atoms with E-state index in [1.54, 1.807) is 30.3 Å². The lowest BCUT2D eigenvalue weighted by molar-refractivity contribution is -0.142. The van der Waals surface area contributed by atoms with E-state index in [-0.39, 0.29) is 70.1 Å². The third-order valence-corrected chi connectivity index (χ3v) is 12.2. The maximum absolute atomic E-state index is 14.0. The number of aliphatic carboxylic acids is 2. The molecule has 0 bridgehead atoms. The van der Waals surface area contributed by atoms with E-state index in [9.17, 15) is 72.9 Å². The van der Waals surface area contributed by atoms with E-state index in [1.807, 2.05) is 5.32 Å². The van der Waals surface area contributed by atoms with Gasteiger partial charge in [0.2, 0.25) is 59.1 Å². The van der Waals surface area contributed by atoms with Gasteiger partial charge in [0.15, 0.2) is 11.9 Å². The van der Waals surface area contributed by atoms with Gasteiger partial charge in [-0.3, -0.25) is 67.5 Å². The highest BCUT2D eigenvalue weighted by atomic mass is 16.4. The number of hydrogen-bond acceptors (Lipinski definition) is 18. The fourth-order valence-corrected chi connectivity index (χ4v) is 7.97. The molecule has 2 rings (SSSR count). The van der Waals surface area contributed by atoms with Crippen molar-refractivity contribution in [1.29, 1.82) is 0 Å². The van der Waals surface area contributed by atoms with Crippen LogP contribution >= 0.6 is 0 Å². The summed E-state index contributed by atoms with van der Waals surface area (Å²) in [4.78, 5) is 166. The van der Waals surface area contributed by atoms with Crippen molar-refractivity contribution in [3.63, 3.8) is 0 Å². The van der Waals surface area contributed by atoms with Gasteiger partial charge in [-0.1, -0.05) is 30.3 Å². The number of likely N-dealkylation sites (tertiary alicyclic amines) is 1. The predicted molar refractivity (Wildman–Crippen MR) is 288 cm³/mol. The van der Waals surface area contributed by atoms with Crippen LogP contribution in [0.4, 0.5) is 0 Å². The second-order valence-electron chi connectivity index (χ2n) is 18.8. The molecule has 0 aromatic heterocycles. The van der Waals surface area contributed by atoms with Crippen LogP contribution in [-0.4, -0.2) is 220 Å². The number of amides is 10. The Morgan fingerprint density at radius 1 is 0.610 bits per heavy atom. The monoisotopic (exact) mass is 1160 g/mol. The molecule has 10 atom stereocenters. The minimum Gasteiger partial charge on any atom is -0.481 e. The van der Waals surface area contributed by atoms with Gasteiger partial charge >= 0.3 is 11.9 Å². The number of nitrogens with one attached hydrogen (secondary N) is 9. The molecule has 82 heavy (non-hydrogen) atoms. The average Bonchev–Trinajstić information content (AvgIpc) is 3.94. The summed E-state index contributed by atoms with van der Waals surface area (Å²) < 4.78 is 0. The molecule has 0 radical (unpaired) electrons. The van der Waals surface area contributed by atoms with E-state index in [1.165, 1.54) is 11.8 Å². The van der Waals surface area contributed by atoms with Crippen molar-refractivity contribution in [3.05, 3.63) is 35.9 Å². The number of rotatable bonds is 36. The minimum absolute atomic E-state index is 0.0287. The van der Waals surface area contributed by atoms with E-state index in [0.29, 0.717) is 12.0 Å². The number of guanidine groups is 2. The number of benzene rings is 1. The van der Waals surface area contributed by atoms with Crippen LogP contribution in [0.1, 0.15) is 70.8 Å². The first-order valence-corrected chi connectivity index (χ1v) is 25.9. The quantitative estimate of drug-likeness (QED) is 0.0169. The Bertz CT molecular complexity index is 2440. The molecule has 0 aliphatic carbocycles. The first-order valence-electron chi connectivity index (χ1n) is 25.9. The lowest BCUT2D eigenvalue weighted by Crippen LogP contribution is -2.62. The number of aliphatic hydroxyl groups excluding tert-OH is 3. The molecular formula is C48H77N17O17. The highest BCUT2D eigenvalue weighted by Crippen LogP contribution is 2.21. The smallest absolute Gasteiger partial charge is 0.322 e. The Kier molecular flexibility index (Phi) is 30.3. The van der Waals surface area contributed by atoms with Gasteiger partial charge in [-0.2, -0.15) is 0 Å². The fourth-order valence-electron chi connectivity index (χ4n) is 7.97. The first kappa shape index (κ1) is 69.3. The summed E-state index contributed by atoms with van der Waals surface area (Å²) in [5, 5.41) is 70.0. The van der Waals surface area contributed by atoms with Crippen molar-refractivity contribution < 1.29 is 83.1 Å². The van der Waals surface area contributed by atoms with Crippen LogP contribution in [0.2, 0.25) is 0 Å². The summed E-state index contributed by atoms with van der Waals surface area (Å²) in [7, 11) is 0. The Balaban J connectivity index is 2.29. The van der Waals surface area contributed by atoms with Crippen LogP contribution in [0.15, 0.2) is 40.3 Å². The van der Waals surface area contributed by atoms with Gasteiger partial charge in [0.05, 0.1) is 25.9 Å². The van der Waals surface area contributed by atoms with Crippen LogP contribution in [0.25, 0.3) is 0 Å². The summed E-state index contributed by atoms with van der Waals surface area (Å²) in [6, 6.07) is -6.01. The van der Waals surface area contributed by atoms with Gasteiger partial charge < -0.3 is 107 Å². The molecule has 10 amide bonds. The number of carbonyl (C=O) groups excluding carboxylic acids is 10. The standard InChI is InChI=1S/C48H77N17O17/c1-24(38(74)59-28(14-15-35(70)71)39(75)56-21-36(72)73)57-41(77)30(19-26-9-4-3-5-10-26)61-42(78)31(22-66)62-43(79)32(23-67)63-45(81)37(25(2)68)64-40(76)27(11-6-16-54-47(50)51)60-44(80)33-13-8-18-65(33)46(82)29(58-34(69)20-49)12-7-17-55-48(52)53/h3-5,9-10,24-25,27-33,37,66-68H,6-8,11-23,49H2,1-2H3,(H,56,75)(H,57,77)(H,58,69)(H,59,74)(H,60,80)(H,61,78)(H,62,79)(H,63,81)(H,64,76)(H,70,71)(H,72,73)(H4,50,51,54)(H4,52,53,55)/t24-,25-,27-,28-,29-,30-,31-,32-,33-,37-/m0/s1. The van der Waals surface area contributed by atoms with E-state index in [2.05, 4.69) is 52.5 Å². The zero-order chi connectivity index (χ0) is 61.6. The number of aliphatic hydroxyl groups is 3. The van der Waals surface area contributed by atoms with Gasteiger partial charge in [-0.05, 0) is 64.4 Å². The Morgan fingerprint density at radius 3 is 1.65 bits per heavy atom. The van der Waals surface area contributed by atoms with Crippen LogP contribution < -0.4 is 76.5 Å². The molecular weight excluding hydrogens is 1090 g/mol. The van der Waals surface area contributed by atoms with E-state index in [4.69, 9.17) is 38.9 Å². The molecule has 1 fully saturated rings. The predicted octanol–water partition coefficient (Wildman–Crippen LogP) is -9.38. The van der Waals surface area contributed by atoms with Crippen molar-refractivity contribution in [3.8, 4) is 0 Å². The summed E-state index contributed by atoms with van der Waals surface area (Å²) in [5.41, 5.74) is 27.6. The molecule has 1 aliphatic rings. The molecule has 0 saturated carbocycles. The van der Waals surface area contributed by atoms with Gasteiger partial charge in [0.25, 0.3) is 0 Å². The van der Waals surface area contributed by atoms with Gasteiger partial charge in [0.1, 0.15) is 60.9 Å². The molecule has 0 spiro atoms. The summed E-state index contributed by atoms with van der Waals surface area (Å²) in [6.07, 6.45) is -2.34. The van der Waals surface area contributed by atoms with E-state index >= 15 is 0 Å². The van der Waals surface area contributed by atoms with Crippen molar-refractivity contribution in [2.24, 2.45) is 38.7 Å². The largest absolute Gasteiger partial charge is 0.481 e. The van der Waals surface area contributed by atoms with Crippen LogP contribution in [0.5, 0.6) is 0 Å². The molecule has 1 aromatic carbocycles. The molecule has 1 aliphatic heterocycles. The molecule has 1 saturated heterocycles. The number of carbonyl (C=O) groups is 12. The van der Waals surface area contributed by atoms with E-state index < -0.39 is 171 Å². The maximum atomic E-state index is 14.0. The third kappa shape index (κ3) is 24.7. The zero-order valence-electron chi connectivity index (χ0n) is 45.3. The summed E-state index contributed by atoms with van der Waals surface area (Å²) >= 11 is 0. The molecule has 34 nitrogen and oxygen atoms in total. The lowest BCUT2D eigenvalue weighted by atomic mass is 10.0. The van der Waals surface area contributed by atoms with Gasteiger partial charge in [-0.15, -0.1) is 0 Å². The normalized spacial score (nSPS) is 16.0. The minimum atomic E-state index is -1.94. The van der Waals surface area contributed by atoms with Crippen molar-refractivity contribution in [1.82, 2.24) is 52.8 Å². The SMILES string of the molecule is C[C@H](NC(=O)[C@H](Cc1ccccc1)NC(=O)[C@H](CO)NC(=O)[C@H](CO)NC(=O)[C@@H](NC(=O)[C@H](CCCN=C(N)N)NC(=O)[C@@H]1CCCN1C(=O)[C@H](CCCN=C(N)N)NC(=O)CN)[C@H](C)O)C(=O)N[C@@H](CCC(=O)O)C(=O)NCC(=O)O. The van der Waals surface area contributed by atoms with Crippen molar-refractivity contribution in [2.45, 2.75) is 132 Å². The molecule has 34 heteroatoms. The van der Waals surface area contributed by atoms with Crippen molar-refractivity contribution >= 4 is 82.9 Å². The average molecular weight is 1160 g/mol. The topological polar surface area (TPSA) is 572 Å². The number of nitrogens with two attached hydrogens (primary N) is 5. The summed E-state index contributed by atoms with van der Waals surface area (Å²) in [5.74, 6) is -13.2. The first-order chi connectivity index (χ1) is 38.7. The number of carboxylic acid groups (broad SMARTS) is 2. The fraction of sp³-hybridized carbons (Fsp3) is 0.583. The molecule has 1 heterocycles. The second kappa shape index (κ2) is 35.8. The third-order valence-electron chi connectivity index (χ3n) is 12.2. The molecule has 1 aromatic rings. The van der Waals surface area contributed by atoms with E-state index in [0.717, 1.165) is 6.92 Å². The zero-order valence-corrected chi connectivity index (χ0v) is 45.3. The highest BCUT2D eigenvalue weighted by molar-refractivity contribution is 5.99. The van der Waals surface area contributed by atoms with Gasteiger partial charge in [0, 0.05) is 32.5 Å². The maximum Gasteiger partial charge on any atom is 0.322 e. The Morgan fingerprint density at radius 2 is 1.12 bits per heavy atom. The molecule has 456 valence electrons. The Labute approximate surface area is 470 Å². The molecule has 0 unspecified atom stereocenters. The number of nitrogens with zero attached hydrogens (tertiary/aromatic N) is 3. The van der Waals surface area contributed by atoms with Gasteiger partial charge in [-0.25, -0.2) is 0 Å². The second-order valence-corrected chi connectivity index (χ2v) is 18.8.